The van der Waals surface area contributed by atoms with Crippen LogP contribution in [0.4, 0.5) is 17.1 Å². The first kappa shape index (κ1) is 24.0. The number of hydrazone groups is 1. The lowest BCUT2D eigenvalue weighted by Gasteiger charge is -2.05. The quantitative estimate of drug-likeness (QED) is 0.240. The monoisotopic (exact) mass is 447 g/mol. The highest BCUT2D eigenvalue weighted by Crippen LogP contribution is 2.29. The van der Waals surface area contributed by atoms with Crippen LogP contribution in [0.25, 0.3) is 0 Å². The number of anilines is 1. The fraction of sp³-hybridized carbons (Fsp3) is 0.316. The summed E-state index contributed by atoms with van der Waals surface area (Å²) in [6.45, 7) is 3.45. The Balaban J connectivity index is 2.39. The number of esters is 2. The molecule has 0 bridgehead atoms. The molecule has 0 radical (unpaired) electrons. The molecule has 2 rings (SSSR count). The molecule has 2 N–H and O–H groups in total. The van der Waals surface area contributed by atoms with Crippen molar-refractivity contribution >= 4 is 35.2 Å². The predicted molar refractivity (Wildman–Crippen MR) is 113 cm³/mol. The Hall–Kier alpha value is -4.29. The van der Waals surface area contributed by atoms with Gasteiger partial charge in [-0.3, -0.25) is 30.4 Å². The van der Waals surface area contributed by atoms with Crippen LogP contribution in [-0.2, 0) is 20.7 Å². The first-order valence-electron chi connectivity index (χ1n) is 9.36. The Morgan fingerprint density at radius 2 is 1.97 bits per heavy atom. The zero-order chi connectivity index (χ0) is 23.8. The van der Waals surface area contributed by atoms with Crippen LogP contribution in [0.2, 0.25) is 0 Å². The lowest BCUT2D eigenvalue weighted by atomic mass is 10.1. The van der Waals surface area contributed by atoms with Crippen LogP contribution in [0, 0.1) is 27.2 Å². The van der Waals surface area contributed by atoms with Crippen molar-refractivity contribution in [1.29, 1.82) is 0 Å². The molecule has 13 nitrogen and oxygen atoms in total. The summed E-state index contributed by atoms with van der Waals surface area (Å²) in [5.41, 5.74) is 2.94. The summed E-state index contributed by atoms with van der Waals surface area (Å²) in [6.07, 6.45) is 1.51. The van der Waals surface area contributed by atoms with Gasteiger partial charge in [0.1, 0.15) is 5.69 Å². The Morgan fingerprint density at radius 1 is 1.25 bits per heavy atom. The van der Waals surface area contributed by atoms with Gasteiger partial charge in [0, 0.05) is 23.0 Å². The number of aromatic amines is 1. The van der Waals surface area contributed by atoms with E-state index in [1.807, 2.05) is 0 Å². The van der Waals surface area contributed by atoms with E-state index in [0.717, 1.165) is 18.2 Å². The molecule has 0 aliphatic rings. The summed E-state index contributed by atoms with van der Waals surface area (Å²) < 4.78 is 9.71. The van der Waals surface area contributed by atoms with Gasteiger partial charge in [-0.2, -0.15) is 5.10 Å². The third-order valence-corrected chi connectivity index (χ3v) is 4.36. The molecule has 0 amide bonds. The standard InChI is InChI=1S/C19H21N5O8/c1-4-32-19(26)18-11(2)21-14(7-8-17(25)31-3)13(18)10-20-22-15-6-5-12(23(27)28)9-16(15)24(29)30/h5-6,9-10,21-22H,4,7-8H2,1-3H3. The molecule has 1 heterocycles. The first-order chi connectivity index (χ1) is 15.2. The number of non-ortho nitro benzene ring substituents is 1. The number of hydrogen-bond acceptors (Lipinski definition) is 10. The fourth-order valence-electron chi connectivity index (χ4n) is 2.89. The van der Waals surface area contributed by atoms with E-state index < -0.39 is 33.2 Å². The molecule has 0 atom stereocenters. The zero-order valence-corrected chi connectivity index (χ0v) is 17.5. The Bertz CT molecular complexity index is 1080. The summed E-state index contributed by atoms with van der Waals surface area (Å²) in [5.74, 6) is -1.05. The number of aromatic nitrogens is 1. The minimum atomic E-state index is -0.781. The minimum Gasteiger partial charge on any atom is -0.469 e. The number of hydrogen-bond donors (Lipinski definition) is 2. The van der Waals surface area contributed by atoms with Gasteiger partial charge in [0.15, 0.2) is 0 Å². The molecule has 1 aromatic heterocycles. The number of rotatable bonds is 10. The van der Waals surface area contributed by atoms with Crippen molar-refractivity contribution < 1.29 is 28.9 Å². The third-order valence-electron chi connectivity index (χ3n) is 4.36. The number of nitro benzene ring substituents is 2. The lowest BCUT2D eigenvalue weighted by Crippen LogP contribution is -2.09. The van der Waals surface area contributed by atoms with E-state index in [2.05, 4.69) is 20.2 Å². The van der Waals surface area contributed by atoms with Crippen LogP contribution in [0.5, 0.6) is 0 Å². The number of nitrogens with one attached hydrogen (secondary N) is 2. The molecule has 0 saturated carbocycles. The molecule has 0 unspecified atom stereocenters. The molecule has 170 valence electrons. The number of H-pyrrole nitrogens is 1. The summed E-state index contributed by atoms with van der Waals surface area (Å²) in [6, 6.07) is 3.06. The van der Waals surface area contributed by atoms with Gasteiger partial charge in [0.2, 0.25) is 0 Å². The molecule has 2 aromatic rings. The highest BCUT2D eigenvalue weighted by molar-refractivity contribution is 6.01. The number of carbonyl (C=O) groups excluding carboxylic acids is 2. The molecular formula is C19H21N5O8. The molecule has 13 heteroatoms. The van der Waals surface area contributed by atoms with E-state index in [1.165, 1.54) is 13.3 Å². The van der Waals surface area contributed by atoms with Gasteiger partial charge in [-0.1, -0.05) is 0 Å². The van der Waals surface area contributed by atoms with Crippen molar-refractivity contribution in [3.8, 4) is 0 Å². The molecule has 0 saturated heterocycles. The number of nitrogens with zero attached hydrogens (tertiary/aromatic N) is 3. The normalized spacial score (nSPS) is 10.7. The molecule has 0 aliphatic carbocycles. The average molecular weight is 447 g/mol. The topological polar surface area (TPSA) is 179 Å². The van der Waals surface area contributed by atoms with Gasteiger partial charge < -0.3 is 14.5 Å². The number of aryl methyl sites for hydroxylation is 2. The molecular weight excluding hydrogens is 426 g/mol. The lowest BCUT2D eigenvalue weighted by molar-refractivity contribution is -0.393. The van der Waals surface area contributed by atoms with Gasteiger partial charge in [-0.05, 0) is 26.3 Å². The third kappa shape index (κ3) is 5.65. The number of nitro groups is 2. The summed E-state index contributed by atoms with van der Waals surface area (Å²) in [4.78, 5) is 47.5. The van der Waals surface area contributed by atoms with E-state index in [9.17, 15) is 29.8 Å². The minimum absolute atomic E-state index is 0.0425. The van der Waals surface area contributed by atoms with Crippen molar-refractivity contribution in [2.24, 2.45) is 5.10 Å². The fourth-order valence-corrected chi connectivity index (χ4v) is 2.89. The van der Waals surface area contributed by atoms with Crippen LogP contribution in [-0.4, -0.2) is 46.7 Å². The molecule has 0 aliphatic heterocycles. The van der Waals surface area contributed by atoms with Gasteiger partial charge in [0.25, 0.3) is 5.69 Å². The predicted octanol–water partition coefficient (Wildman–Crippen LogP) is 2.87. The zero-order valence-electron chi connectivity index (χ0n) is 17.5. The highest BCUT2D eigenvalue weighted by Gasteiger charge is 2.22. The number of benzene rings is 1. The van der Waals surface area contributed by atoms with Crippen LogP contribution in [0.3, 0.4) is 0 Å². The molecule has 0 spiro atoms. The number of methoxy groups -OCH3 is 1. The Kier molecular flexibility index (Phi) is 7.98. The van der Waals surface area contributed by atoms with E-state index in [0.29, 0.717) is 17.0 Å². The van der Waals surface area contributed by atoms with E-state index in [4.69, 9.17) is 4.74 Å². The van der Waals surface area contributed by atoms with E-state index >= 15 is 0 Å². The molecule has 1 aromatic carbocycles. The van der Waals surface area contributed by atoms with Crippen LogP contribution in [0.1, 0.15) is 40.7 Å². The smallest absolute Gasteiger partial charge is 0.340 e. The maximum absolute atomic E-state index is 12.4. The van der Waals surface area contributed by atoms with Crippen molar-refractivity contribution in [1.82, 2.24) is 4.98 Å². The van der Waals surface area contributed by atoms with Crippen LogP contribution in [0.15, 0.2) is 23.3 Å². The maximum atomic E-state index is 12.4. The summed E-state index contributed by atoms with van der Waals surface area (Å²) in [7, 11) is 1.26. The van der Waals surface area contributed by atoms with Gasteiger partial charge >= 0.3 is 17.6 Å². The maximum Gasteiger partial charge on any atom is 0.340 e. The van der Waals surface area contributed by atoms with Crippen LogP contribution < -0.4 is 5.43 Å². The van der Waals surface area contributed by atoms with Crippen molar-refractivity contribution in [2.75, 3.05) is 19.1 Å². The second-order valence-electron chi connectivity index (χ2n) is 6.40. The van der Waals surface area contributed by atoms with Gasteiger partial charge in [-0.25, -0.2) is 4.79 Å². The van der Waals surface area contributed by atoms with Crippen molar-refractivity contribution in [2.45, 2.75) is 26.7 Å². The highest BCUT2D eigenvalue weighted by atomic mass is 16.6. The summed E-state index contributed by atoms with van der Waals surface area (Å²) >= 11 is 0. The van der Waals surface area contributed by atoms with Gasteiger partial charge in [0.05, 0.1) is 47.8 Å². The van der Waals surface area contributed by atoms with Crippen LogP contribution >= 0.6 is 0 Å². The van der Waals surface area contributed by atoms with Gasteiger partial charge in [-0.15, -0.1) is 0 Å². The SMILES string of the molecule is CCOC(=O)c1c(C)[nH]c(CCC(=O)OC)c1C=NNc1ccc([N+](=O)[O-])cc1[N+](=O)[O-]. The number of ether oxygens (including phenoxy) is 2. The largest absolute Gasteiger partial charge is 0.469 e. The average Bonchev–Trinajstić information content (AvgIpc) is 3.07. The van der Waals surface area contributed by atoms with Crippen molar-refractivity contribution in [3.63, 3.8) is 0 Å². The molecule has 0 fully saturated rings. The second kappa shape index (κ2) is 10.7. The first-order valence-corrected chi connectivity index (χ1v) is 9.36. The molecule has 32 heavy (non-hydrogen) atoms. The summed E-state index contributed by atoms with van der Waals surface area (Å²) in [5, 5.41) is 26.1. The van der Waals surface area contributed by atoms with Crippen molar-refractivity contribution in [3.05, 3.63) is 60.9 Å². The van der Waals surface area contributed by atoms with E-state index in [1.54, 1.807) is 13.8 Å². The van der Waals surface area contributed by atoms with E-state index in [-0.39, 0.29) is 30.7 Å². The Labute approximate surface area is 181 Å². The Morgan fingerprint density at radius 3 is 2.56 bits per heavy atom. The second-order valence-corrected chi connectivity index (χ2v) is 6.40. The number of carbonyl (C=O) groups is 2.